The van der Waals surface area contributed by atoms with Crippen molar-refractivity contribution < 1.29 is 4.39 Å². The number of nitrogens with two attached hydrogens (primary N) is 1. The van der Waals surface area contributed by atoms with Gasteiger partial charge in [0.05, 0.1) is 0 Å². The Bertz CT molecular complexity index is 537. The number of nitrogens with zero attached hydrogens (tertiary/aromatic N) is 2. The standard InChI is InChI=1S/C13H15FN4/c1-8(2)17-13-16-7-11(12(15)18-13)9-3-5-10(14)6-4-9/h3-8H,1-2H3,(H3,15,16,17,18). The zero-order valence-electron chi connectivity index (χ0n) is 10.3. The fraction of sp³-hybridized carbons (Fsp3) is 0.231. The highest BCUT2D eigenvalue weighted by Gasteiger charge is 2.07. The van der Waals surface area contributed by atoms with Crippen LogP contribution in [-0.4, -0.2) is 16.0 Å². The van der Waals surface area contributed by atoms with Crippen LogP contribution in [0, 0.1) is 5.82 Å². The van der Waals surface area contributed by atoms with E-state index >= 15 is 0 Å². The molecule has 0 amide bonds. The molecule has 2 rings (SSSR count). The quantitative estimate of drug-likeness (QED) is 0.874. The summed E-state index contributed by atoms with van der Waals surface area (Å²) in [7, 11) is 0. The molecule has 0 saturated carbocycles. The van der Waals surface area contributed by atoms with Crippen molar-refractivity contribution in [2.45, 2.75) is 19.9 Å². The molecule has 0 radical (unpaired) electrons. The first-order valence-electron chi connectivity index (χ1n) is 5.71. The van der Waals surface area contributed by atoms with Gasteiger partial charge in [0.1, 0.15) is 11.6 Å². The lowest BCUT2D eigenvalue weighted by atomic mass is 10.1. The van der Waals surface area contributed by atoms with Gasteiger partial charge in [0.25, 0.3) is 0 Å². The van der Waals surface area contributed by atoms with Crippen LogP contribution in [-0.2, 0) is 0 Å². The fourth-order valence-electron chi connectivity index (χ4n) is 1.57. The number of aromatic nitrogens is 2. The third-order valence-corrected chi connectivity index (χ3v) is 2.39. The van der Waals surface area contributed by atoms with Crippen LogP contribution < -0.4 is 11.1 Å². The second kappa shape index (κ2) is 5.00. The Hall–Kier alpha value is -2.17. The molecule has 0 aliphatic carbocycles. The lowest BCUT2D eigenvalue weighted by molar-refractivity contribution is 0.628. The molecule has 1 heterocycles. The number of nitrogens with one attached hydrogen (secondary N) is 1. The average Bonchev–Trinajstić information content (AvgIpc) is 2.30. The van der Waals surface area contributed by atoms with Crippen molar-refractivity contribution in [2.75, 3.05) is 11.1 Å². The Kier molecular flexibility index (Phi) is 3.41. The van der Waals surface area contributed by atoms with Gasteiger partial charge < -0.3 is 11.1 Å². The summed E-state index contributed by atoms with van der Waals surface area (Å²) >= 11 is 0. The highest BCUT2D eigenvalue weighted by atomic mass is 19.1. The van der Waals surface area contributed by atoms with Crippen molar-refractivity contribution in [3.8, 4) is 11.1 Å². The minimum atomic E-state index is -0.281. The smallest absolute Gasteiger partial charge is 0.224 e. The molecule has 5 heteroatoms. The van der Waals surface area contributed by atoms with Gasteiger partial charge in [0, 0.05) is 17.8 Å². The molecule has 1 aromatic carbocycles. The summed E-state index contributed by atoms with van der Waals surface area (Å²) < 4.78 is 12.8. The Morgan fingerprint density at radius 3 is 2.44 bits per heavy atom. The highest BCUT2D eigenvalue weighted by Crippen LogP contribution is 2.24. The molecule has 1 aromatic heterocycles. The Morgan fingerprint density at radius 2 is 1.89 bits per heavy atom. The van der Waals surface area contributed by atoms with Crippen LogP contribution in [0.2, 0.25) is 0 Å². The van der Waals surface area contributed by atoms with E-state index in [-0.39, 0.29) is 11.9 Å². The van der Waals surface area contributed by atoms with Gasteiger partial charge in [-0.2, -0.15) is 4.98 Å². The van der Waals surface area contributed by atoms with Crippen LogP contribution >= 0.6 is 0 Å². The normalized spacial score (nSPS) is 10.7. The summed E-state index contributed by atoms with van der Waals surface area (Å²) in [5, 5.41) is 3.07. The molecule has 0 fully saturated rings. The molecule has 0 atom stereocenters. The number of benzene rings is 1. The molecule has 0 spiro atoms. The van der Waals surface area contributed by atoms with Crippen LogP contribution in [0.1, 0.15) is 13.8 Å². The van der Waals surface area contributed by atoms with E-state index < -0.39 is 0 Å². The Balaban J connectivity index is 2.32. The molecule has 4 nitrogen and oxygen atoms in total. The highest BCUT2D eigenvalue weighted by molar-refractivity contribution is 5.73. The molecule has 0 aliphatic rings. The first-order chi connectivity index (χ1) is 8.56. The van der Waals surface area contributed by atoms with E-state index in [2.05, 4.69) is 15.3 Å². The monoisotopic (exact) mass is 246 g/mol. The van der Waals surface area contributed by atoms with Gasteiger partial charge in [-0.15, -0.1) is 0 Å². The molecule has 0 bridgehead atoms. The van der Waals surface area contributed by atoms with E-state index in [4.69, 9.17) is 5.73 Å². The number of hydrogen-bond donors (Lipinski definition) is 2. The van der Waals surface area contributed by atoms with Crippen molar-refractivity contribution >= 4 is 11.8 Å². The number of halogens is 1. The van der Waals surface area contributed by atoms with Crippen molar-refractivity contribution in [2.24, 2.45) is 0 Å². The second-order valence-corrected chi connectivity index (χ2v) is 4.30. The van der Waals surface area contributed by atoms with Gasteiger partial charge in [-0.1, -0.05) is 12.1 Å². The second-order valence-electron chi connectivity index (χ2n) is 4.30. The van der Waals surface area contributed by atoms with E-state index in [1.54, 1.807) is 18.3 Å². The summed E-state index contributed by atoms with van der Waals surface area (Å²) in [5.74, 6) is 0.587. The number of hydrogen-bond acceptors (Lipinski definition) is 4. The SMILES string of the molecule is CC(C)Nc1ncc(-c2ccc(F)cc2)c(N)n1. The molecule has 18 heavy (non-hydrogen) atoms. The van der Waals surface area contributed by atoms with Crippen molar-refractivity contribution in [1.29, 1.82) is 0 Å². The van der Waals surface area contributed by atoms with Gasteiger partial charge in [0.15, 0.2) is 0 Å². The molecule has 0 saturated heterocycles. The molecular weight excluding hydrogens is 231 g/mol. The van der Waals surface area contributed by atoms with E-state index in [9.17, 15) is 4.39 Å². The average molecular weight is 246 g/mol. The first kappa shape index (κ1) is 12.3. The maximum atomic E-state index is 12.8. The fourth-order valence-corrected chi connectivity index (χ4v) is 1.57. The Morgan fingerprint density at radius 1 is 1.22 bits per heavy atom. The van der Waals surface area contributed by atoms with Gasteiger partial charge >= 0.3 is 0 Å². The predicted octanol–water partition coefficient (Wildman–Crippen LogP) is 2.69. The van der Waals surface area contributed by atoms with Gasteiger partial charge in [-0.05, 0) is 31.5 Å². The van der Waals surface area contributed by atoms with E-state index in [0.717, 1.165) is 5.56 Å². The van der Waals surface area contributed by atoms with Gasteiger partial charge in [0.2, 0.25) is 5.95 Å². The topological polar surface area (TPSA) is 63.8 Å². The summed E-state index contributed by atoms with van der Waals surface area (Å²) in [6.45, 7) is 3.99. The summed E-state index contributed by atoms with van der Waals surface area (Å²) in [6, 6.07) is 6.31. The molecule has 2 aromatic rings. The molecule has 0 unspecified atom stereocenters. The van der Waals surface area contributed by atoms with Gasteiger partial charge in [-0.25, -0.2) is 9.37 Å². The third-order valence-electron chi connectivity index (χ3n) is 2.39. The molecule has 94 valence electrons. The maximum Gasteiger partial charge on any atom is 0.224 e. The number of rotatable bonds is 3. The van der Waals surface area contributed by atoms with Crippen LogP contribution in [0.15, 0.2) is 30.5 Å². The van der Waals surface area contributed by atoms with Crippen LogP contribution in [0.5, 0.6) is 0 Å². The Labute approximate surface area is 105 Å². The van der Waals surface area contributed by atoms with Crippen LogP contribution in [0.25, 0.3) is 11.1 Å². The van der Waals surface area contributed by atoms with Crippen LogP contribution in [0.3, 0.4) is 0 Å². The lowest BCUT2D eigenvalue weighted by Gasteiger charge is -2.10. The molecule has 0 aliphatic heterocycles. The zero-order valence-corrected chi connectivity index (χ0v) is 10.3. The van der Waals surface area contributed by atoms with Crippen molar-refractivity contribution in [1.82, 2.24) is 9.97 Å². The maximum absolute atomic E-state index is 12.8. The van der Waals surface area contributed by atoms with E-state index in [0.29, 0.717) is 17.3 Å². The first-order valence-corrected chi connectivity index (χ1v) is 5.71. The van der Waals surface area contributed by atoms with Crippen LogP contribution in [0.4, 0.5) is 16.2 Å². The lowest BCUT2D eigenvalue weighted by Crippen LogP contribution is -2.13. The predicted molar refractivity (Wildman–Crippen MR) is 70.6 cm³/mol. The molecule has 3 N–H and O–H groups in total. The summed E-state index contributed by atoms with van der Waals surface area (Å²) in [6.07, 6.45) is 1.64. The van der Waals surface area contributed by atoms with E-state index in [1.807, 2.05) is 13.8 Å². The minimum Gasteiger partial charge on any atom is -0.383 e. The van der Waals surface area contributed by atoms with Gasteiger partial charge in [-0.3, -0.25) is 0 Å². The minimum absolute atomic E-state index is 0.237. The summed E-state index contributed by atoms with van der Waals surface area (Å²) in [5.41, 5.74) is 7.38. The van der Waals surface area contributed by atoms with E-state index in [1.165, 1.54) is 12.1 Å². The van der Waals surface area contributed by atoms with Crippen molar-refractivity contribution in [3.63, 3.8) is 0 Å². The third kappa shape index (κ3) is 2.74. The molecular formula is C13H15FN4. The van der Waals surface area contributed by atoms with Crippen molar-refractivity contribution in [3.05, 3.63) is 36.3 Å². The zero-order chi connectivity index (χ0) is 13.1. The summed E-state index contributed by atoms with van der Waals surface area (Å²) in [4.78, 5) is 8.36. The number of nitrogen functional groups attached to an aromatic ring is 1. The number of anilines is 2. The largest absolute Gasteiger partial charge is 0.383 e.